The SMILES string of the molecule is Cc1cnc2ncc(C(C)(C)C)n2n1. The molecule has 74 valence electrons. The van der Waals surface area contributed by atoms with E-state index in [0.717, 1.165) is 11.4 Å². The van der Waals surface area contributed by atoms with Crippen LogP contribution in [-0.2, 0) is 5.41 Å². The summed E-state index contributed by atoms with van der Waals surface area (Å²) in [5.74, 6) is 0.667. The van der Waals surface area contributed by atoms with E-state index >= 15 is 0 Å². The van der Waals surface area contributed by atoms with Gasteiger partial charge >= 0.3 is 0 Å². The summed E-state index contributed by atoms with van der Waals surface area (Å²) < 4.78 is 1.81. The molecule has 0 amide bonds. The lowest BCUT2D eigenvalue weighted by Gasteiger charge is -2.16. The molecule has 0 saturated carbocycles. The van der Waals surface area contributed by atoms with Gasteiger partial charge in [0.25, 0.3) is 5.78 Å². The monoisotopic (exact) mass is 190 g/mol. The van der Waals surface area contributed by atoms with E-state index in [0.29, 0.717) is 5.78 Å². The lowest BCUT2D eigenvalue weighted by atomic mass is 9.93. The first kappa shape index (κ1) is 9.12. The average molecular weight is 190 g/mol. The third-order valence-electron chi connectivity index (χ3n) is 2.11. The van der Waals surface area contributed by atoms with Crippen LogP contribution in [0.5, 0.6) is 0 Å². The number of imidazole rings is 1. The molecule has 0 radical (unpaired) electrons. The number of aromatic nitrogens is 4. The normalized spacial score (nSPS) is 12.3. The Morgan fingerprint density at radius 3 is 2.43 bits per heavy atom. The standard InChI is InChI=1S/C10H14N4/c1-7-5-11-9-12-6-8(10(2,3)4)14(9)13-7/h5-6H,1-4H3. The predicted octanol–water partition coefficient (Wildman–Crippen LogP) is 1.73. The lowest BCUT2D eigenvalue weighted by molar-refractivity contribution is 0.548. The van der Waals surface area contributed by atoms with Crippen LogP contribution in [0.4, 0.5) is 0 Å². The summed E-state index contributed by atoms with van der Waals surface area (Å²) in [6, 6.07) is 0. The van der Waals surface area contributed by atoms with Gasteiger partial charge in [0.1, 0.15) is 0 Å². The van der Waals surface area contributed by atoms with Crippen molar-refractivity contribution in [2.75, 3.05) is 0 Å². The van der Waals surface area contributed by atoms with Crippen LogP contribution in [0.25, 0.3) is 5.78 Å². The quantitative estimate of drug-likeness (QED) is 0.635. The van der Waals surface area contributed by atoms with Crippen LogP contribution in [0.15, 0.2) is 12.4 Å². The fraction of sp³-hybridized carbons (Fsp3) is 0.500. The maximum atomic E-state index is 4.39. The van der Waals surface area contributed by atoms with Crippen molar-refractivity contribution in [2.24, 2.45) is 0 Å². The molecule has 2 heterocycles. The molecule has 14 heavy (non-hydrogen) atoms. The van der Waals surface area contributed by atoms with Crippen molar-refractivity contribution in [3.63, 3.8) is 0 Å². The van der Waals surface area contributed by atoms with Crippen LogP contribution >= 0.6 is 0 Å². The molecule has 4 nitrogen and oxygen atoms in total. The van der Waals surface area contributed by atoms with Gasteiger partial charge in [0.05, 0.1) is 23.8 Å². The molecular formula is C10H14N4. The molecule has 0 aromatic carbocycles. The largest absolute Gasteiger partial charge is 0.250 e. The van der Waals surface area contributed by atoms with E-state index in [-0.39, 0.29) is 5.41 Å². The van der Waals surface area contributed by atoms with E-state index in [2.05, 4.69) is 35.8 Å². The molecule has 2 rings (SSSR count). The molecule has 0 fully saturated rings. The van der Waals surface area contributed by atoms with Crippen molar-refractivity contribution in [1.29, 1.82) is 0 Å². The number of aryl methyl sites for hydroxylation is 1. The summed E-state index contributed by atoms with van der Waals surface area (Å²) in [6.07, 6.45) is 3.57. The summed E-state index contributed by atoms with van der Waals surface area (Å²) in [5, 5.41) is 4.39. The molecule has 0 saturated heterocycles. The maximum Gasteiger partial charge on any atom is 0.250 e. The van der Waals surface area contributed by atoms with Crippen LogP contribution in [0, 0.1) is 6.92 Å². The molecule has 2 aromatic heterocycles. The van der Waals surface area contributed by atoms with Gasteiger partial charge in [0.2, 0.25) is 0 Å². The molecule has 0 bridgehead atoms. The van der Waals surface area contributed by atoms with E-state index in [1.807, 2.05) is 17.6 Å². The molecule has 0 aliphatic heterocycles. The van der Waals surface area contributed by atoms with E-state index in [1.165, 1.54) is 0 Å². The third kappa shape index (κ3) is 1.36. The predicted molar refractivity (Wildman–Crippen MR) is 54.2 cm³/mol. The zero-order valence-corrected chi connectivity index (χ0v) is 8.94. The molecular weight excluding hydrogens is 176 g/mol. The van der Waals surface area contributed by atoms with Crippen molar-refractivity contribution >= 4 is 5.78 Å². The van der Waals surface area contributed by atoms with Gasteiger partial charge in [-0.05, 0) is 6.92 Å². The van der Waals surface area contributed by atoms with Crippen molar-refractivity contribution < 1.29 is 0 Å². The Balaban J connectivity index is 2.73. The lowest BCUT2D eigenvalue weighted by Crippen LogP contribution is -2.16. The van der Waals surface area contributed by atoms with Crippen molar-refractivity contribution in [2.45, 2.75) is 33.1 Å². The molecule has 0 unspecified atom stereocenters. The number of rotatable bonds is 0. The van der Waals surface area contributed by atoms with Crippen LogP contribution < -0.4 is 0 Å². The van der Waals surface area contributed by atoms with E-state index in [9.17, 15) is 0 Å². The van der Waals surface area contributed by atoms with Gasteiger partial charge in [-0.3, -0.25) is 0 Å². The van der Waals surface area contributed by atoms with Crippen LogP contribution in [0.3, 0.4) is 0 Å². The molecule has 0 aliphatic rings. The van der Waals surface area contributed by atoms with Crippen molar-refractivity contribution in [3.05, 3.63) is 23.8 Å². The van der Waals surface area contributed by atoms with E-state index in [4.69, 9.17) is 0 Å². The molecule has 4 heteroatoms. The Hall–Kier alpha value is -1.45. The maximum absolute atomic E-state index is 4.39. The second kappa shape index (κ2) is 2.77. The summed E-state index contributed by atoms with van der Waals surface area (Å²) >= 11 is 0. The summed E-state index contributed by atoms with van der Waals surface area (Å²) in [4.78, 5) is 8.42. The molecule has 2 aromatic rings. The second-order valence-electron chi connectivity index (χ2n) is 4.50. The minimum Gasteiger partial charge on any atom is -0.218 e. The first-order valence-corrected chi connectivity index (χ1v) is 4.66. The Labute approximate surface area is 83.0 Å². The first-order valence-electron chi connectivity index (χ1n) is 4.66. The summed E-state index contributed by atoms with van der Waals surface area (Å²) in [5.41, 5.74) is 2.03. The Morgan fingerprint density at radius 1 is 1.14 bits per heavy atom. The number of hydrogen-bond donors (Lipinski definition) is 0. The molecule has 0 N–H and O–H groups in total. The Kier molecular flexibility index (Phi) is 1.80. The van der Waals surface area contributed by atoms with Crippen LogP contribution in [-0.4, -0.2) is 19.6 Å². The molecule has 0 atom stereocenters. The molecule has 0 spiro atoms. The summed E-state index contributed by atoms with van der Waals surface area (Å²) in [7, 11) is 0. The smallest absolute Gasteiger partial charge is 0.218 e. The first-order chi connectivity index (χ1) is 6.48. The highest BCUT2D eigenvalue weighted by atomic mass is 15.3. The Bertz CT molecular complexity index is 464. The average Bonchev–Trinajstić information content (AvgIpc) is 2.45. The van der Waals surface area contributed by atoms with E-state index in [1.54, 1.807) is 6.20 Å². The zero-order chi connectivity index (χ0) is 10.3. The number of hydrogen-bond acceptors (Lipinski definition) is 3. The summed E-state index contributed by atoms with van der Waals surface area (Å²) in [6.45, 7) is 8.35. The second-order valence-corrected chi connectivity index (χ2v) is 4.50. The van der Waals surface area contributed by atoms with Gasteiger partial charge in [-0.25, -0.2) is 14.5 Å². The van der Waals surface area contributed by atoms with Gasteiger partial charge in [-0.1, -0.05) is 20.8 Å². The van der Waals surface area contributed by atoms with E-state index < -0.39 is 0 Å². The highest BCUT2D eigenvalue weighted by Crippen LogP contribution is 2.21. The highest BCUT2D eigenvalue weighted by molar-refractivity contribution is 5.31. The van der Waals surface area contributed by atoms with Gasteiger partial charge in [-0.15, -0.1) is 0 Å². The van der Waals surface area contributed by atoms with Gasteiger partial charge in [0.15, 0.2) is 0 Å². The van der Waals surface area contributed by atoms with Gasteiger partial charge in [-0.2, -0.15) is 5.10 Å². The van der Waals surface area contributed by atoms with Gasteiger partial charge < -0.3 is 0 Å². The number of nitrogens with zero attached hydrogens (tertiary/aromatic N) is 4. The zero-order valence-electron chi connectivity index (χ0n) is 8.94. The minimum absolute atomic E-state index is 0.0435. The van der Waals surface area contributed by atoms with Crippen molar-refractivity contribution in [1.82, 2.24) is 19.6 Å². The third-order valence-corrected chi connectivity index (χ3v) is 2.11. The van der Waals surface area contributed by atoms with Crippen molar-refractivity contribution in [3.8, 4) is 0 Å². The Morgan fingerprint density at radius 2 is 1.79 bits per heavy atom. The topological polar surface area (TPSA) is 43.1 Å². The fourth-order valence-corrected chi connectivity index (χ4v) is 1.37. The number of fused-ring (bicyclic) bond motifs is 1. The fourth-order valence-electron chi connectivity index (χ4n) is 1.37. The van der Waals surface area contributed by atoms with Crippen LogP contribution in [0.2, 0.25) is 0 Å². The minimum atomic E-state index is 0.0435. The van der Waals surface area contributed by atoms with Crippen LogP contribution in [0.1, 0.15) is 32.2 Å². The highest BCUT2D eigenvalue weighted by Gasteiger charge is 2.19. The molecule has 0 aliphatic carbocycles. The van der Waals surface area contributed by atoms with Gasteiger partial charge in [0, 0.05) is 5.41 Å².